The van der Waals surface area contributed by atoms with Crippen LogP contribution >= 0.6 is 0 Å². The Labute approximate surface area is 103 Å². The molecule has 4 nitrogen and oxygen atoms in total. The van der Waals surface area contributed by atoms with E-state index in [0.717, 1.165) is 12.8 Å². The monoisotopic (exact) mass is 280 g/mol. The van der Waals surface area contributed by atoms with Gasteiger partial charge in [0, 0.05) is 0 Å². The molecule has 0 heterocycles. The van der Waals surface area contributed by atoms with Crippen molar-refractivity contribution in [2.45, 2.75) is 25.3 Å². The van der Waals surface area contributed by atoms with Gasteiger partial charge in [-0.2, -0.15) is 0 Å². The van der Waals surface area contributed by atoms with E-state index in [-0.39, 0.29) is 44.3 Å². The van der Waals surface area contributed by atoms with Crippen molar-refractivity contribution in [3.05, 3.63) is 0 Å². The first kappa shape index (κ1) is 23.4. The van der Waals surface area contributed by atoms with Crippen molar-refractivity contribution >= 4 is 5.97 Å². The third-order valence-corrected chi connectivity index (χ3v) is 1.29. The Morgan fingerprint density at radius 1 is 1.31 bits per heavy atom. The van der Waals surface area contributed by atoms with Crippen molar-refractivity contribution in [2.24, 2.45) is 11.5 Å². The van der Waals surface area contributed by atoms with E-state index in [4.69, 9.17) is 16.6 Å². The molecule has 0 rings (SSSR count). The smallest absolute Gasteiger partial charge is 1.00 e. The second kappa shape index (κ2) is 15.1. The fraction of sp³-hybridized carbons (Fsp3) is 0.833. The van der Waals surface area contributed by atoms with E-state index < -0.39 is 12.0 Å². The summed E-state index contributed by atoms with van der Waals surface area (Å²) >= 11 is 0. The molecule has 0 aliphatic carbocycles. The maximum absolute atomic E-state index is 10.1. The molecule has 13 heavy (non-hydrogen) atoms. The predicted octanol–water partition coefficient (Wildman–Crippen LogP) is -6.47. The Hall–Kier alpha value is 0.593. The Morgan fingerprint density at radius 2 is 1.77 bits per heavy atom. The molecule has 76 valence electrons. The molecule has 7 heteroatoms. The zero-order chi connectivity index (χ0) is 7.98. The first-order chi connectivity index (χ1) is 4.68. The number of carbonyl (C=O) groups is 1. The molecule has 0 unspecified atom stereocenters. The molecule has 0 amide bonds. The molecule has 0 fully saturated rings. The number of rotatable bonds is 5. The first-order valence-corrected chi connectivity index (χ1v) is 3.37. The quantitative estimate of drug-likeness (QED) is 0.346. The van der Waals surface area contributed by atoms with Gasteiger partial charge in [-0.05, 0) is 19.4 Å². The van der Waals surface area contributed by atoms with E-state index in [9.17, 15) is 4.79 Å². The van der Waals surface area contributed by atoms with E-state index in [2.05, 4.69) is 0 Å². The maximum atomic E-state index is 10.1. The summed E-state index contributed by atoms with van der Waals surface area (Å²) in [4.78, 5) is 10.1. The second-order valence-electron chi connectivity index (χ2n) is 2.23. The maximum Gasteiger partial charge on any atom is 2.00 e. The van der Waals surface area contributed by atoms with Crippen LogP contribution in [0.2, 0.25) is 0 Å². The van der Waals surface area contributed by atoms with Crippen molar-refractivity contribution in [2.75, 3.05) is 6.54 Å². The molecule has 0 aromatic carbocycles. The molecule has 0 aromatic rings. The van der Waals surface area contributed by atoms with Gasteiger partial charge in [-0.15, -0.1) is 0 Å². The van der Waals surface area contributed by atoms with Crippen LogP contribution in [0.1, 0.15) is 19.3 Å². The summed E-state index contributed by atoms with van der Waals surface area (Å²) in [6.45, 7) is 0.604. The molecule has 1 atom stereocenters. The van der Waals surface area contributed by atoms with Crippen LogP contribution < -0.4 is 36.3 Å². The van der Waals surface area contributed by atoms with Gasteiger partial charge in [-0.25, -0.2) is 0 Å². The average Bonchev–Trinajstić information content (AvgIpc) is 1.88. The molecule has 0 saturated heterocycles. The van der Waals surface area contributed by atoms with E-state index in [1.165, 1.54) is 0 Å². The fourth-order valence-electron chi connectivity index (χ4n) is 0.632. The Balaban J connectivity index is -0.000000135. The van der Waals surface area contributed by atoms with Gasteiger partial charge in [0.05, 0.1) is 0 Å². The summed E-state index contributed by atoms with van der Waals surface area (Å²) in [5, 5.41) is 8.33. The van der Waals surface area contributed by atoms with Gasteiger partial charge in [-0.3, -0.25) is 4.79 Å². The molecule has 0 radical (unpaired) electrons. The molecule has 0 bridgehead atoms. The van der Waals surface area contributed by atoms with Gasteiger partial charge in [0.1, 0.15) is 6.04 Å². The molecular weight excluding hydrogens is 268 g/mol. The number of hydrogen-bond acceptors (Lipinski definition) is 3. The van der Waals surface area contributed by atoms with Gasteiger partial charge < -0.3 is 41.4 Å². The van der Waals surface area contributed by atoms with Gasteiger partial charge in [0.2, 0.25) is 0 Å². The number of hydrogen-bond donors (Lipinski definition) is 3. The van der Waals surface area contributed by atoms with Crippen LogP contribution in [0.5, 0.6) is 0 Å². The number of carboxylic acids is 1. The zero-order valence-corrected chi connectivity index (χ0v) is 11.9. The summed E-state index contributed by atoms with van der Waals surface area (Å²) < 4.78 is 0. The molecule has 0 aliphatic heterocycles. The number of carboxylic acid groups (broad SMARTS) is 1. The second-order valence-corrected chi connectivity index (χ2v) is 2.23. The Morgan fingerprint density at radius 3 is 2.08 bits per heavy atom. The minimum Gasteiger partial charge on any atom is -1.00 e. The first-order valence-electron chi connectivity index (χ1n) is 3.37. The van der Waals surface area contributed by atoms with Crippen LogP contribution in [0.3, 0.4) is 0 Å². The summed E-state index contributed by atoms with van der Waals surface area (Å²) in [6, 6.07) is -0.716. The molecular formula is C6H14Cl2N2O2Zn. The van der Waals surface area contributed by atoms with Gasteiger partial charge in [-0.1, -0.05) is 6.42 Å². The summed E-state index contributed by atoms with van der Waals surface area (Å²) in [6.07, 6.45) is 2.16. The van der Waals surface area contributed by atoms with Crippen molar-refractivity contribution in [1.29, 1.82) is 0 Å². The van der Waals surface area contributed by atoms with E-state index >= 15 is 0 Å². The van der Waals surface area contributed by atoms with Crippen LogP contribution in [-0.4, -0.2) is 23.7 Å². The predicted molar refractivity (Wildman–Crippen MR) is 38.5 cm³/mol. The van der Waals surface area contributed by atoms with E-state index in [1.807, 2.05) is 0 Å². The molecule has 5 N–H and O–H groups in total. The van der Waals surface area contributed by atoms with Crippen LogP contribution in [0, 0.1) is 0 Å². The van der Waals surface area contributed by atoms with Gasteiger partial charge in [0.15, 0.2) is 0 Å². The third-order valence-electron chi connectivity index (χ3n) is 1.29. The standard InChI is InChI=1S/C6H14N2O2.2ClH.Zn/c7-4-2-1-3-5(8)6(9)10;;;/h5H,1-4,7-8H2,(H,9,10);2*1H;/q;;;+2/p-2/t5-;;;/m0.../s1. The van der Waals surface area contributed by atoms with Gasteiger partial charge in [0.25, 0.3) is 0 Å². The molecule has 0 aliphatic rings. The van der Waals surface area contributed by atoms with Crippen LogP contribution in [0.4, 0.5) is 0 Å². The summed E-state index contributed by atoms with van der Waals surface area (Å²) in [5.41, 5.74) is 10.4. The molecule has 0 aromatic heterocycles. The van der Waals surface area contributed by atoms with Crippen molar-refractivity contribution in [3.63, 3.8) is 0 Å². The molecule has 0 saturated carbocycles. The average molecular weight is 282 g/mol. The largest absolute Gasteiger partial charge is 2.00 e. The Kier molecular flexibility index (Phi) is 27.2. The van der Waals surface area contributed by atoms with E-state index in [0.29, 0.717) is 13.0 Å². The van der Waals surface area contributed by atoms with Crippen molar-refractivity contribution in [1.82, 2.24) is 0 Å². The summed E-state index contributed by atoms with van der Waals surface area (Å²) in [7, 11) is 0. The van der Waals surface area contributed by atoms with Crippen LogP contribution in [-0.2, 0) is 24.3 Å². The topological polar surface area (TPSA) is 89.3 Å². The van der Waals surface area contributed by atoms with Crippen molar-refractivity contribution < 1.29 is 54.2 Å². The number of aliphatic carboxylic acids is 1. The fourth-order valence-corrected chi connectivity index (χ4v) is 0.632. The van der Waals surface area contributed by atoms with Crippen LogP contribution in [0.15, 0.2) is 0 Å². The van der Waals surface area contributed by atoms with Crippen molar-refractivity contribution in [3.8, 4) is 0 Å². The van der Waals surface area contributed by atoms with Crippen LogP contribution in [0.25, 0.3) is 0 Å². The zero-order valence-electron chi connectivity index (χ0n) is 7.38. The van der Waals surface area contributed by atoms with E-state index in [1.54, 1.807) is 0 Å². The summed E-state index contributed by atoms with van der Waals surface area (Å²) in [5.74, 6) is -0.933. The SMILES string of the molecule is NCCCC[C@H](N)C(=O)O.[Cl-].[Cl-].[Zn+2]. The number of nitrogens with two attached hydrogens (primary N) is 2. The number of halogens is 2. The number of unbranched alkanes of at least 4 members (excludes halogenated alkanes) is 1. The van der Waals surface area contributed by atoms with Gasteiger partial charge >= 0.3 is 25.4 Å². The minimum atomic E-state index is -0.933. The molecule has 0 spiro atoms. The Bertz CT molecular complexity index is 119. The third kappa shape index (κ3) is 15.4. The normalized spacial score (nSPS) is 10.0. The minimum absolute atomic E-state index is 0.